The largest absolute Gasteiger partial charge is 0.377 e. The van der Waals surface area contributed by atoms with Crippen molar-refractivity contribution in [2.75, 3.05) is 32.8 Å². The molecule has 1 aromatic carbocycles. The third-order valence-corrected chi connectivity index (χ3v) is 6.05. The van der Waals surface area contributed by atoms with E-state index < -0.39 is 22.0 Å². The first-order valence-corrected chi connectivity index (χ1v) is 10.3. The van der Waals surface area contributed by atoms with E-state index >= 15 is 0 Å². The van der Waals surface area contributed by atoms with Gasteiger partial charge in [0.25, 0.3) is 5.91 Å². The van der Waals surface area contributed by atoms with E-state index in [2.05, 4.69) is 4.72 Å². The molecule has 0 aliphatic carbocycles. The Morgan fingerprint density at radius 1 is 1.19 bits per heavy atom. The molecule has 3 N–H and O–H groups in total. The molecule has 148 valence electrons. The van der Waals surface area contributed by atoms with Gasteiger partial charge in [0, 0.05) is 25.3 Å². The van der Waals surface area contributed by atoms with Crippen molar-refractivity contribution in [3.63, 3.8) is 0 Å². The normalized spacial score (nSPS) is 23.3. The van der Waals surface area contributed by atoms with Crippen molar-refractivity contribution in [2.45, 2.75) is 29.9 Å². The van der Waals surface area contributed by atoms with Crippen molar-refractivity contribution in [3.8, 4) is 0 Å². The summed E-state index contributed by atoms with van der Waals surface area (Å²) in [6.45, 7) is 1.52. The van der Waals surface area contributed by atoms with Crippen LogP contribution in [0, 0.1) is 0 Å². The molecule has 0 spiro atoms. The van der Waals surface area contributed by atoms with Crippen LogP contribution in [0.25, 0.3) is 0 Å². The number of primary amides is 1. The summed E-state index contributed by atoms with van der Waals surface area (Å²) in [4.78, 5) is 25.4. The lowest BCUT2D eigenvalue weighted by Gasteiger charge is -2.31. The monoisotopic (exact) mass is 397 g/mol. The molecule has 3 rings (SSSR count). The third kappa shape index (κ3) is 4.83. The maximum absolute atomic E-state index is 12.6. The minimum atomic E-state index is -3.67. The lowest BCUT2D eigenvalue weighted by molar-refractivity contribution is -0.133. The van der Waals surface area contributed by atoms with Crippen LogP contribution in [0.1, 0.15) is 23.2 Å². The number of morpholine rings is 1. The summed E-state index contributed by atoms with van der Waals surface area (Å²) in [5, 5.41) is 0. The smallest absolute Gasteiger partial charge is 0.254 e. The highest BCUT2D eigenvalue weighted by molar-refractivity contribution is 7.89. The molecule has 0 radical (unpaired) electrons. The van der Waals surface area contributed by atoms with Crippen LogP contribution in [-0.2, 0) is 24.3 Å². The summed E-state index contributed by atoms with van der Waals surface area (Å²) >= 11 is 0. The fourth-order valence-electron chi connectivity index (χ4n) is 3.06. The Morgan fingerprint density at radius 3 is 2.56 bits per heavy atom. The zero-order chi connectivity index (χ0) is 19.4. The fraction of sp³-hybridized carbons (Fsp3) is 0.529. The zero-order valence-electron chi connectivity index (χ0n) is 14.8. The Kier molecular flexibility index (Phi) is 6.10. The number of rotatable bonds is 6. The highest BCUT2D eigenvalue weighted by atomic mass is 32.2. The van der Waals surface area contributed by atoms with Crippen LogP contribution in [0.4, 0.5) is 0 Å². The number of nitrogens with zero attached hydrogens (tertiary/aromatic N) is 1. The third-order valence-electron chi connectivity index (χ3n) is 4.61. The Labute approximate surface area is 157 Å². The van der Waals surface area contributed by atoms with E-state index in [9.17, 15) is 18.0 Å². The Hall–Kier alpha value is -2.01. The molecule has 2 saturated heterocycles. The topological polar surface area (TPSA) is 128 Å². The molecular formula is C17H23N3O6S. The minimum Gasteiger partial charge on any atom is -0.377 e. The van der Waals surface area contributed by atoms with E-state index in [1.54, 1.807) is 0 Å². The van der Waals surface area contributed by atoms with Gasteiger partial charge in [-0.3, -0.25) is 9.59 Å². The van der Waals surface area contributed by atoms with Crippen LogP contribution in [-0.4, -0.2) is 70.2 Å². The second-order valence-corrected chi connectivity index (χ2v) is 8.29. The molecule has 0 saturated carbocycles. The summed E-state index contributed by atoms with van der Waals surface area (Å²) < 4.78 is 37.9. The van der Waals surface area contributed by atoms with E-state index in [1.165, 1.54) is 29.2 Å². The SMILES string of the molecule is NC(=O)C1CN(C(=O)c2ccc(S(=O)(=O)NCC3CCCO3)cc2)CCO1. The predicted molar refractivity (Wildman–Crippen MR) is 95.4 cm³/mol. The summed E-state index contributed by atoms with van der Waals surface area (Å²) in [5.41, 5.74) is 5.56. The average Bonchev–Trinajstić information content (AvgIpc) is 3.20. The van der Waals surface area contributed by atoms with Gasteiger partial charge in [-0.05, 0) is 37.1 Å². The molecule has 0 aromatic heterocycles. The number of benzene rings is 1. The van der Waals surface area contributed by atoms with E-state index in [-0.39, 0.29) is 36.6 Å². The molecule has 2 aliphatic rings. The van der Waals surface area contributed by atoms with E-state index in [0.29, 0.717) is 18.7 Å². The molecule has 2 fully saturated rings. The van der Waals surface area contributed by atoms with Gasteiger partial charge in [-0.2, -0.15) is 0 Å². The van der Waals surface area contributed by atoms with Gasteiger partial charge in [0.2, 0.25) is 15.9 Å². The van der Waals surface area contributed by atoms with Crippen molar-refractivity contribution < 1.29 is 27.5 Å². The van der Waals surface area contributed by atoms with Crippen LogP contribution >= 0.6 is 0 Å². The van der Waals surface area contributed by atoms with Crippen LogP contribution in [0.5, 0.6) is 0 Å². The van der Waals surface area contributed by atoms with Gasteiger partial charge < -0.3 is 20.1 Å². The van der Waals surface area contributed by atoms with Gasteiger partial charge in [-0.25, -0.2) is 13.1 Å². The molecule has 2 unspecified atom stereocenters. The predicted octanol–water partition coefficient (Wildman–Crippen LogP) is -0.530. The van der Waals surface area contributed by atoms with Crippen molar-refractivity contribution in [3.05, 3.63) is 29.8 Å². The average molecular weight is 397 g/mol. The maximum atomic E-state index is 12.6. The van der Waals surface area contributed by atoms with Crippen LogP contribution < -0.4 is 10.5 Å². The molecule has 2 amide bonds. The lowest BCUT2D eigenvalue weighted by atomic mass is 10.1. The highest BCUT2D eigenvalue weighted by Gasteiger charge is 2.28. The van der Waals surface area contributed by atoms with Crippen molar-refractivity contribution >= 4 is 21.8 Å². The summed E-state index contributed by atoms with van der Waals surface area (Å²) in [6, 6.07) is 5.68. The van der Waals surface area contributed by atoms with Crippen molar-refractivity contribution in [1.29, 1.82) is 0 Å². The van der Waals surface area contributed by atoms with E-state index in [1.807, 2.05) is 0 Å². The van der Waals surface area contributed by atoms with Crippen LogP contribution in [0.3, 0.4) is 0 Å². The molecule has 2 aliphatic heterocycles. The Balaban J connectivity index is 1.63. The maximum Gasteiger partial charge on any atom is 0.254 e. The summed E-state index contributed by atoms with van der Waals surface area (Å²) in [6.07, 6.45) is 0.841. The number of nitrogens with one attached hydrogen (secondary N) is 1. The molecular weight excluding hydrogens is 374 g/mol. The minimum absolute atomic E-state index is 0.0778. The Bertz CT molecular complexity index is 789. The fourth-order valence-corrected chi connectivity index (χ4v) is 4.12. The van der Waals surface area contributed by atoms with E-state index in [0.717, 1.165) is 12.8 Å². The highest BCUT2D eigenvalue weighted by Crippen LogP contribution is 2.16. The number of nitrogens with two attached hydrogens (primary N) is 1. The summed E-state index contributed by atoms with van der Waals surface area (Å²) in [7, 11) is -3.67. The number of carbonyl (C=O) groups excluding carboxylic acids is 2. The quantitative estimate of drug-likeness (QED) is 0.664. The molecule has 10 heteroatoms. The number of carbonyl (C=O) groups is 2. The summed E-state index contributed by atoms with van der Waals surface area (Å²) in [5.74, 6) is -0.924. The van der Waals surface area contributed by atoms with Gasteiger partial charge in [0.1, 0.15) is 0 Å². The van der Waals surface area contributed by atoms with Gasteiger partial charge in [0.05, 0.1) is 24.2 Å². The van der Waals surface area contributed by atoms with Crippen molar-refractivity contribution in [2.24, 2.45) is 5.73 Å². The second kappa shape index (κ2) is 8.34. The van der Waals surface area contributed by atoms with E-state index in [4.69, 9.17) is 15.2 Å². The number of hydrogen-bond donors (Lipinski definition) is 2. The number of hydrogen-bond acceptors (Lipinski definition) is 6. The van der Waals surface area contributed by atoms with Gasteiger partial charge in [-0.1, -0.05) is 0 Å². The Morgan fingerprint density at radius 2 is 1.93 bits per heavy atom. The van der Waals surface area contributed by atoms with Crippen LogP contribution in [0.15, 0.2) is 29.2 Å². The standard InChI is InChI=1S/C17H23N3O6S/c18-16(21)15-11-20(7-9-26-15)17(22)12-3-5-14(6-4-12)27(23,24)19-10-13-2-1-8-25-13/h3-6,13,15,19H,1-2,7-11H2,(H2,18,21). The molecule has 0 bridgehead atoms. The van der Waals surface area contributed by atoms with Gasteiger partial charge in [-0.15, -0.1) is 0 Å². The second-order valence-electron chi connectivity index (χ2n) is 6.52. The number of sulfonamides is 1. The first-order valence-electron chi connectivity index (χ1n) is 8.78. The zero-order valence-corrected chi connectivity index (χ0v) is 15.6. The number of ether oxygens (including phenoxy) is 2. The molecule has 2 atom stereocenters. The van der Waals surface area contributed by atoms with Gasteiger partial charge >= 0.3 is 0 Å². The first kappa shape index (κ1) is 19.7. The molecule has 2 heterocycles. The van der Waals surface area contributed by atoms with Crippen molar-refractivity contribution in [1.82, 2.24) is 9.62 Å². The lowest BCUT2D eigenvalue weighted by Crippen LogP contribution is -2.50. The molecule has 27 heavy (non-hydrogen) atoms. The molecule has 1 aromatic rings. The number of amides is 2. The molecule has 9 nitrogen and oxygen atoms in total. The first-order chi connectivity index (χ1) is 12.9. The van der Waals surface area contributed by atoms with Gasteiger partial charge in [0.15, 0.2) is 6.10 Å². The van der Waals surface area contributed by atoms with Crippen LogP contribution in [0.2, 0.25) is 0 Å².